The minimum absolute atomic E-state index is 0.0135. The van der Waals surface area contributed by atoms with Crippen LogP contribution in [0.3, 0.4) is 0 Å². The van der Waals surface area contributed by atoms with Crippen LogP contribution in [-0.4, -0.2) is 36.1 Å². The highest BCUT2D eigenvalue weighted by Crippen LogP contribution is 2.26. The minimum atomic E-state index is -0.0135. The molecule has 4 aromatic rings. The van der Waals surface area contributed by atoms with Crippen LogP contribution in [0.5, 0.6) is 0 Å². The van der Waals surface area contributed by atoms with Gasteiger partial charge in [-0.15, -0.1) is 5.10 Å². The molecule has 1 fully saturated rings. The Hall–Kier alpha value is -3.32. The normalized spacial score (nSPS) is 14.8. The number of fused-ring (bicyclic) bond motifs is 1. The number of rotatable bonds is 7. The molecule has 2 aromatic carbocycles. The van der Waals surface area contributed by atoms with Crippen molar-refractivity contribution in [2.75, 3.05) is 0 Å². The SMILES string of the molecule is Cc1cc2cc(CN(Cc3nnnn3Cc3ccccc3)C3CCCCC3)c(=O)[nH]c2cc1C. The number of aromatic amines is 1. The Morgan fingerprint density at radius 1 is 1.00 bits per heavy atom. The zero-order valence-corrected chi connectivity index (χ0v) is 20.0. The number of H-pyrrole nitrogens is 1. The van der Waals surface area contributed by atoms with Gasteiger partial charge in [-0.1, -0.05) is 49.6 Å². The lowest BCUT2D eigenvalue weighted by molar-refractivity contribution is 0.134. The van der Waals surface area contributed by atoms with Gasteiger partial charge in [0.15, 0.2) is 5.82 Å². The first kappa shape index (κ1) is 22.5. The van der Waals surface area contributed by atoms with Crippen molar-refractivity contribution in [3.8, 4) is 0 Å². The molecule has 0 bridgehead atoms. The molecule has 176 valence electrons. The third-order valence-electron chi connectivity index (χ3n) is 7.13. The first-order valence-corrected chi connectivity index (χ1v) is 12.2. The maximum absolute atomic E-state index is 13.0. The summed E-state index contributed by atoms with van der Waals surface area (Å²) in [5.74, 6) is 0.832. The molecule has 0 atom stereocenters. The van der Waals surface area contributed by atoms with Crippen LogP contribution in [0.2, 0.25) is 0 Å². The van der Waals surface area contributed by atoms with Gasteiger partial charge in [-0.05, 0) is 77.4 Å². The average molecular weight is 457 g/mol. The van der Waals surface area contributed by atoms with Gasteiger partial charge in [-0.25, -0.2) is 4.68 Å². The number of aromatic nitrogens is 5. The molecular weight excluding hydrogens is 424 g/mol. The molecule has 1 aliphatic rings. The molecule has 7 nitrogen and oxygen atoms in total. The third kappa shape index (κ3) is 4.94. The van der Waals surface area contributed by atoms with E-state index in [0.717, 1.165) is 40.7 Å². The Labute approximate surface area is 199 Å². The van der Waals surface area contributed by atoms with Crippen molar-refractivity contribution in [3.63, 3.8) is 0 Å². The van der Waals surface area contributed by atoms with E-state index >= 15 is 0 Å². The van der Waals surface area contributed by atoms with Crippen LogP contribution < -0.4 is 5.56 Å². The third-order valence-corrected chi connectivity index (χ3v) is 7.13. The van der Waals surface area contributed by atoms with Crippen molar-refractivity contribution < 1.29 is 0 Å². The van der Waals surface area contributed by atoms with E-state index in [1.807, 2.05) is 22.9 Å². The van der Waals surface area contributed by atoms with Crippen molar-refractivity contribution in [2.24, 2.45) is 0 Å². The quantitative estimate of drug-likeness (QED) is 0.442. The van der Waals surface area contributed by atoms with E-state index < -0.39 is 0 Å². The zero-order valence-electron chi connectivity index (χ0n) is 20.0. The minimum Gasteiger partial charge on any atom is -0.322 e. The van der Waals surface area contributed by atoms with Crippen LogP contribution in [0.15, 0.2) is 53.3 Å². The Morgan fingerprint density at radius 3 is 2.56 bits per heavy atom. The maximum atomic E-state index is 13.0. The Bertz CT molecular complexity index is 1320. The number of hydrogen-bond donors (Lipinski definition) is 1. The molecule has 0 aliphatic heterocycles. The van der Waals surface area contributed by atoms with Crippen molar-refractivity contribution in [1.29, 1.82) is 0 Å². The van der Waals surface area contributed by atoms with E-state index in [1.165, 1.54) is 30.4 Å². The Balaban J connectivity index is 1.44. The van der Waals surface area contributed by atoms with Crippen LogP contribution in [0.1, 0.15) is 60.2 Å². The number of benzene rings is 2. The Kier molecular flexibility index (Phi) is 6.54. The van der Waals surface area contributed by atoms with Gasteiger partial charge in [0.1, 0.15) is 0 Å². The lowest BCUT2D eigenvalue weighted by Crippen LogP contribution is -2.38. The molecule has 5 rings (SSSR count). The molecule has 1 aliphatic carbocycles. The summed E-state index contributed by atoms with van der Waals surface area (Å²) in [6, 6.07) is 17.0. The van der Waals surface area contributed by atoms with Gasteiger partial charge >= 0.3 is 0 Å². The first-order valence-electron chi connectivity index (χ1n) is 12.2. The fourth-order valence-electron chi connectivity index (χ4n) is 5.02. The molecule has 1 saturated carbocycles. The highest BCUT2D eigenvalue weighted by Gasteiger charge is 2.24. The summed E-state index contributed by atoms with van der Waals surface area (Å²) in [6.45, 7) is 6.03. The first-order chi connectivity index (χ1) is 16.6. The fraction of sp³-hybridized carbons (Fsp3) is 0.407. The van der Waals surface area contributed by atoms with Gasteiger partial charge in [-0.3, -0.25) is 9.69 Å². The predicted octanol–water partition coefficient (Wildman–Crippen LogP) is 4.51. The van der Waals surface area contributed by atoms with E-state index in [0.29, 0.717) is 25.7 Å². The molecule has 1 N–H and O–H groups in total. The molecule has 0 unspecified atom stereocenters. The molecule has 0 saturated heterocycles. The lowest BCUT2D eigenvalue weighted by atomic mass is 9.93. The summed E-state index contributed by atoms with van der Waals surface area (Å²) in [6.07, 6.45) is 6.02. The molecule has 0 spiro atoms. The van der Waals surface area contributed by atoms with Gasteiger partial charge in [0.2, 0.25) is 0 Å². The van der Waals surface area contributed by atoms with Gasteiger partial charge in [0, 0.05) is 23.7 Å². The predicted molar refractivity (Wildman–Crippen MR) is 134 cm³/mol. The summed E-state index contributed by atoms with van der Waals surface area (Å²) < 4.78 is 1.88. The van der Waals surface area contributed by atoms with Crippen molar-refractivity contribution in [2.45, 2.75) is 71.6 Å². The van der Waals surface area contributed by atoms with Crippen LogP contribution in [0.25, 0.3) is 10.9 Å². The summed E-state index contributed by atoms with van der Waals surface area (Å²) >= 11 is 0. The number of tetrazole rings is 1. The van der Waals surface area contributed by atoms with Crippen molar-refractivity contribution in [1.82, 2.24) is 30.1 Å². The molecule has 2 aromatic heterocycles. The summed E-state index contributed by atoms with van der Waals surface area (Å²) in [5.41, 5.74) is 5.26. The topological polar surface area (TPSA) is 79.7 Å². The molecular formula is C27H32N6O. The van der Waals surface area contributed by atoms with E-state index in [-0.39, 0.29) is 5.56 Å². The Morgan fingerprint density at radius 2 is 1.76 bits per heavy atom. The molecule has 34 heavy (non-hydrogen) atoms. The number of nitrogens with zero attached hydrogens (tertiary/aromatic N) is 5. The van der Waals surface area contributed by atoms with Crippen LogP contribution >= 0.6 is 0 Å². The standard InChI is InChI=1S/C27H32N6O/c1-19-13-22-15-23(27(34)28-25(22)14-20(19)2)17-32(24-11-7-4-8-12-24)18-26-29-30-31-33(26)16-21-9-5-3-6-10-21/h3,5-6,9-10,13-15,24H,4,7-8,11-12,16-18H2,1-2H3,(H,28,34). The molecule has 0 amide bonds. The van der Waals surface area contributed by atoms with Crippen LogP contribution in [-0.2, 0) is 19.6 Å². The molecule has 0 radical (unpaired) electrons. The van der Waals surface area contributed by atoms with E-state index in [1.54, 1.807) is 0 Å². The monoisotopic (exact) mass is 456 g/mol. The van der Waals surface area contributed by atoms with Gasteiger partial charge < -0.3 is 4.98 Å². The molecule has 2 heterocycles. The van der Waals surface area contributed by atoms with E-state index in [9.17, 15) is 4.79 Å². The van der Waals surface area contributed by atoms with Crippen molar-refractivity contribution >= 4 is 10.9 Å². The van der Waals surface area contributed by atoms with E-state index in [4.69, 9.17) is 0 Å². The maximum Gasteiger partial charge on any atom is 0.252 e. The van der Waals surface area contributed by atoms with Gasteiger partial charge in [0.05, 0.1) is 13.1 Å². The summed E-state index contributed by atoms with van der Waals surface area (Å²) in [4.78, 5) is 18.5. The number of aryl methyl sites for hydroxylation is 2. The second kappa shape index (κ2) is 9.89. The van der Waals surface area contributed by atoms with Gasteiger partial charge in [0.25, 0.3) is 5.56 Å². The average Bonchev–Trinajstić information content (AvgIpc) is 3.28. The second-order valence-electron chi connectivity index (χ2n) is 9.58. The second-order valence-corrected chi connectivity index (χ2v) is 9.58. The highest BCUT2D eigenvalue weighted by molar-refractivity contribution is 5.80. The van der Waals surface area contributed by atoms with Crippen LogP contribution in [0.4, 0.5) is 0 Å². The smallest absolute Gasteiger partial charge is 0.252 e. The number of pyridine rings is 1. The van der Waals surface area contributed by atoms with Crippen LogP contribution in [0, 0.1) is 13.8 Å². The number of nitrogens with one attached hydrogen (secondary N) is 1. The summed E-state index contributed by atoms with van der Waals surface area (Å²) in [7, 11) is 0. The van der Waals surface area contributed by atoms with Crippen molar-refractivity contribution in [3.05, 3.63) is 87.0 Å². The lowest BCUT2D eigenvalue weighted by Gasteiger charge is -2.33. The number of hydrogen-bond acceptors (Lipinski definition) is 5. The van der Waals surface area contributed by atoms with Gasteiger partial charge in [-0.2, -0.15) is 0 Å². The largest absolute Gasteiger partial charge is 0.322 e. The highest BCUT2D eigenvalue weighted by atomic mass is 16.1. The zero-order chi connectivity index (χ0) is 23.5. The fourth-order valence-corrected chi connectivity index (χ4v) is 5.02. The summed E-state index contributed by atoms with van der Waals surface area (Å²) in [5, 5.41) is 13.7. The van der Waals surface area contributed by atoms with E-state index in [2.05, 4.69) is 69.6 Å². The molecule has 7 heteroatoms.